The van der Waals surface area contributed by atoms with Crippen molar-refractivity contribution in [2.75, 3.05) is 7.11 Å². The maximum absolute atomic E-state index is 12.0. The fourth-order valence-corrected chi connectivity index (χ4v) is 2.78. The number of sulfonamides is 1. The van der Waals surface area contributed by atoms with Crippen molar-refractivity contribution in [3.63, 3.8) is 0 Å². The third-order valence-corrected chi connectivity index (χ3v) is 4.23. The van der Waals surface area contributed by atoms with Crippen LogP contribution >= 0.6 is 11.6 Å². The second-order valence-corrected chi connectivity index (χ2v) is 5.93. The number of benzene rings is 1. The van der Waals surface area contributed by atoms with Crippen molar-refractivity contribution >= 4 is 33.6 Å². The molecule has 1 aromatic carbocycles. The lowest BCUT2D eigenvalue weighted by molar-refractivity contribution is -0.142. The Morgan fingerprint density at radius 2 is 2.00 bits per heavy atom. The number of hydrogen-bond donors (Lipinski definition) is 2. The van der Waals surface area contributed by atoms with E-state index >= 15 is 0 Å². The van der Waals surface area contributed by atoms with E-state index in [1.165, 1.54) is 6.92 Å². The first-order chi connectivity index (χ1) is 9.19. The van der Waals surface area contributed by atoms with Crippen LogP contribution in [0.3, 0.4) is 0 Å². The molecular weight excluding hydrogens is 310 g/mol. The van der Waals surface area contributed by atoms with Crippen LogP contribution in [0.2, 0.25) is 5.02 Å². The Kier molecular flexibility index (Phi) is 5.09. The number of methoxy groups -OCH3 is 1. The molecule has 0 spiro atoms. The highest BCUT2D eigenvalue weighted by atomic mass is 35.5. The van der Waals surface area contributed by atoms with E-state index in [0.717, 1.165) is 25.3 Å². The summed E-state index contributed by atoms with van der Waals surface area (Å²) < 4.78 is 30.5. The number of hydrogen-bond acceptors (Lipinski definition) is 5. The Morgan fingerprint density at radius 3 is 2.50 bits per heavy atom. The summed E-state index contributed by atoms with van der Waals surface area (Å²) in [6.07, 6.45) is 0. The molecule has 0 fully saturated rings. The molecule has 1 atom stereocenters. The SMILES string of the molecule is COC(=O)C(C)NS(=O)(=O)c1ccc(Cl)c(C(=O)O)c1. The molecule has 1 unspecified atom stereocenters. The van der Waals surface area contributed by atoms with Gasteiger partial charge in [0.25, 0.3) is 0 Å². The molecule has 2 N–H and O–H groups in total. The fourth-order valence-electron chi connectivity index (χ4n) is 1.36. The number of aromatic carboxylic acids is 1. The van der Waals surface area contributed by atoms with Gasteiger partial charge in [-0.1, -0.05) is 11.6 Å². The number of rotatable bonds is 5. The van der Waals surface area contributed by atoms with Gasteiger partial charge in [-0.05, 0) is 25.1 Å². The summed E-state index contributed by atoms with van der Waals surface area (Å²) in [5.74, 6) is -2.12. The average Bonchev–Trinajstić information content (AvgIpc) is 2.36. The summed E-state index contributed by atoms with van der Waals surface area (Å²) >= 11 is 5.65. The number of ether oxygens (including phenoxy) is 1. The Bertz CT molecular complexity index is 642. The number of carbonyl (C=O) groups excluding carboxylic acids is 1. The highest BCUT2D eigenvalue weighted by Gasteiger charge is 2.24. The number of nitrogens with one attached hydrogen (secondary N) is 1. The van der Waals surface area contributed by atoms with E-state index in [4.69, 9.17) is 16.7 Å². The van der Waals surface area contributed by atoms with Crippen LogP contribution in [0.4, 0.5) is 0 Å². The second kappa shape index (κ2) is 6.21. The zero-order valence-corrected chi connectivity index (χ0v) is 12.2. The Balaban J connectivity index is 3.13. The summed E-state index contributed by atoms with van der Waals surface area (Å²) in [5.41, 5.74) is -0.347. The van der Waals surface area contributed by atoms with Crippen molar-refractivity contribution in [2.45, 2.75) is 17.9 Å². The third-order valence-electron chi connectivity index (χ3n) is 2.37. The van der Waals surface area contributed by atoms with Crippen LogP contribution < -0.4 is 4.72 Å². The number of esters is 1. The van der Waals surface area contributed by atoms with Crippen LogP contribution in [-0.2, 0) is 19.6 Å². The number of halogens is 1. The van der Waals surface area contributed by atoms with Gasteiger partial charge in [-0.15, -0.1) is 0 Å². The minimum absolute atomic E-state index is 0.0857. The van der Waals surface area contributed by atoms with Crippen molar-refractivity contribution in [3.05, 3.63) is 28.8 Å². The van der Waals surface area contributed by atoms with E-state index in [1.807, 2.05) is 0 Å². The van der Waals surface area contributed by atoms with Gasteiger partial charge in [-0.2, -0.15) is 4.72 Å². The molecule has 20 heavy (non-hydrogen) atoms. The second-order valence-electron chi connectivity index (χ2n) is 3.81. The lowest BCUT2D eigenvalue weighted by Gasteiger charge is -2.12. The molecular formula is C11H12ClNO6S. The lowest BCUT2D eigenvalue weighted by Crippen LogP contribution is -2.39. The summed E-state index contributed by atoms with van der Waals surface area (Å²) in [6.45, 7) is 1.30. The molecule has 0 saturated carbocycles. The van der Waals surface area contributed by atoms with E-state index in [2.05, 4.69) is 9.46 Å². The predicted octanol–water partition coefficient (Wildman–Crippen LogP) is 0.878. The van der Waals surface area contributed by atoms with E-state index in [1.54, 1.807) is 0 Å². The third kappa shape index (κ3) is 3.69. The lowest BCUT2D eigenvalue weighted by atomic mass is 10.2. The molecule has 0 aliphatic rings. The van der Waals surface area contributed by atoms with Crippen LogP contribution in [0.5, 0.6) is 0 Å². The first-order valence-electron chi connectivity index (χ1n) is 5.32. The van der Waals surface area contributed by atoms with Gasteiger partial charge >= 0.3 is 11.9 Å². The van der Waals surface area contributed by atoms with E-state index in [0.29, 0.717) is 0 Å². The largest absolute Gasteiger partial charge is 0.478 e. The Labute approximate surface area is 120 Å². The highest BCUT2D eigenvalue weighted by molar-refractivity contribution is 7.89. The molecule has 1 aromatic rings. The topological polar surface area (TPSA) is 110 Å². The highest BCUT2D eigenvalue weighted by Crippen LogP contribution is 2.20. The van der Waals surface area contributed by atoms with Crippen LogP contribution in [0, 0.1) is 0 Å². The van der Waals surface area contributed by atoms with Crippen molar-refractivity contribution in [3.8, 4) is 0 Å². The molecule has 0 aliphatic heterocycles. The minimum Gasteiger partial charge on any atom is -0.478 e. The quantitative estimate of drug-likeness (QED) is 0.779. The van der Waals surface area contributed by atoms with E-state index in [9.17, 15) is 18.0 Å². The van der Waals surface area contributed by atoms with Gasteiger partial charge in [0, 0.05) is 0 Å². The standard InChI is InChI=1S/C11H12ClNO6S/c1-6(11(16)19-2)13-20(17,18)7-3-4-9(12)8(5-7)10(14)15/h3-6,13H,1-2H3,(H,14,15). The molecule has 0 aliphatic carbocycles. The first kappa shape index (κ1) is 16.4. The molecule has 1 rings (SSSR count). The van der Waals surface area contributed by atoms with Gasteiger partial charge < -0.3 is 9.84 Å². The van der Waals surface area contributed by atoms with E-state index < -0.39 is 28.0 Å². The minimum atomic E-state index is -4.06. The van der Waals surface area contributed by atoms with Gasteiger partial charge in [0.15, 0.2) is 0 Å². The summed E-state index contributed by atoms with van der Waals surface area (Å²) in [6, 6.07) is 2.11. The number of carboxylic acids is 1. The molecule has 0 heterocycles. The fraction of sp³-hybridized carbons (Fsp3) is 0.273. The monoisotopic (exact) mass is 321 g/mol. The van der Waals surface area contributed by atoms with Gasteiger partial charge in [0.05, 0.1) is 22.6 Å². The van der Waals surface area contributed by atoms with Crippen molar-refractivity contribution in [1.29, 1.82) is 0 Å². The number of carboxylic acid groups (broad SMARTS) is 1. The van der Waals surface area contributed by atoms with Gasteiger partial charge in [0.2, 0.25) is 10.0 Å². The predicted molar refractivity (Wildman–Crippen MR) is 70.2 cm³/mol. The van der Waals surface area contributed by atoms with Crippen molar-refractivity contribution < 1.29 is 27.9 Å². The number of carbonyl (C=O) groups is 2. The molecule has 110 valence electrons. The molecule has 7 nitrogen and oxygen atoms in total. The van der Waals surface area contributed by atoms with Crippen LogP contribution in [-0.4, -0.2) is 38.6 Å². The maximum atomic E-state index is 12.0. The van der Waals surface area contributed by atoms with Gasteiger partial charge in [-0.25, -0.2) is 13.2 Å². The molecule has 9 heteroatoms. The van der Waals surface area contributed by atoms with Crippen molar-refractivity contribution in [1.82, 2.24) is 4.72 Å². The molecule has 0 bridgehead atoms. The van der Waals surface area contributed by atoms with Gasteiger partial charge in [-0.3, -0.25) is 4.79 Å². The normalized spacial score (nSPS) is 12.8. The summed E-state index contributed by atoms with van der Waals surface area (Å²) in [5, 5.41) is 8.80. The molecule has 0 amide bonds. The van der Waals surface area contributed by atoms with Gasteiger partial charge in [0.1, 0.15) is 6.04 Å². The molecule has 0 radical (unpaired) electrons. The Morgan fingerprint density at radius 1 is 1.40 bits per heavy atom. The van der Waals surface area contributed by atoms with E-state index in [-0.39, 0.29) is 15.5 Å². The zero-order valence-electron chi connectivity index (χ0n) is 10.6. The maximum Gasteiger partial charge on any atom is 0.337 e. The average molecular weight is 322 g/mol. The van der Waals surface area contributed by atoms with Crippen LogP contribution in [0.1, 0.15) is 17.3 Å². The van der Waals surface area contributed by atoms with Crippen LogP contribution in [0.25, 0.3) is 0 Å². The first-order valence-corrected chi connectivity index (χ1v) is 7.18. The zero-order chi connectivity index (χ0) is 15.5. The Hall–Kier alpha value is -1.64. The van der Waals surface area contributed by atoms with Crippen molar-refractivity contribution in [2.24, 2.45) is 0 Å². The molecule has 0 aromatic heterocycles. The van der Waals surface area contributed by atoms with Crippen LogP contribution in [0.15, 0.2) is 23.1 Å². The summed E-state index contributed by atoms with van der Waals surface area (Å²) in [7, 11) is -2.94. The summed E-state index contributed by atoms with van der Waals surface area (Å²) in [4.78, 5) is 21.8. The smallest absolute Gasteiger partial charge is 0.337 e. The molecule has 0 saturated heterocycles.